The first kappa shape index (κ1) is 16.3. The van der Waals surface area contributed by atoms with E-state index in [2.05, 4.69) is 10.3 Å². The van der Waals surface area contributed by atoms with Gasteiger partial charge < -0.3 is 5.32 Å². The van der Waals surface area contributed by atoms with Gasteiger partial charge in [-0.2, -0.15) is 0 Å². The first-order valence-electron chi connectivity index (χ1n) is 7.65. The number of amides is 1. The summed E-state index contributed by atoms with van der Waals surface area (Å²) in [4.78, 5) is 26.3. The molecule has 3 rings (SSSR count). The summed E-state index contributed by atoms with van der Waals surface area (Å²) in [6.07, 6.45) is 4.31. The highest BCUT2D eigenvalue weighted by atomic mass is 16.6. The number of pyridine rings is 1. The van der Waals surface area contributed by atoms with Crippen molar-refractivity contribution in [2.75, 3.05) is 5.32 Å². The normalized spacial score (nSPS) is 10.2. The van der Waals surface area contributed by atoms with Gasteiger partial charge in [-0.25, -0.2) is 0 Å². The van der Waals surface area contributed by atoms with Crippen molar-refractivity contribution in [3.63, 3.8) is 0 Å². The van der Waals surface area contributed by atoms with Gasteiger partial charge in [0.1, 0.15) is 0 Å². The number of carbonyl (C=O) groups is 1. The summed E-state index contributed by atoms with van der Waals surface area (Å²) in [6.45, 7) is 0. The quantitative estimate of drug-likeness (QED) is 0.568. The standard InChI is InChI=1S/C19H15N3O3/c23-19(16-3-7-18(8-4-16)22(24)25)21-17-5-1-14(2-6-17)13-15-9-11-20-12-10-15/h1-12H,13H2,(H,21,23). The highest BCUT2D eigenvalue weighted by Gasteiger charge is 2.09. The summed E-state index contributed by atoms with van der Waals surface area (Å²) in [6, 6.07) is 17.0. The number of benzene rings is 2. The average molecular weight is 333 g/mol. The summed E-state index contributed by atoms with van der Waals surface area (Å²) in [5, 5.41) is 13.4. The number of hydrogen-bond acceptors (Lipinski definition) is 4. The lowest BCUT2D eigenvalue weighted by molar-refractivity contribution is -0.384. The molecule has 0 fully saturated rings. The van der Waals surface area contributed by atoms with Crippen molar-refractivity contribution in [1.82, 2.24) is 4.98 Å². The van der Waals surface area contributed by atoms with Crippen molar-refractivity contribution in [1.29, 1.82) is 0 Å². The fourth-order valence-corrected chi connectivity index (χ4v) is 2.38. The van der Waals surface area contributed by atoms with E-state index >= 15 is 0 Å². The van der Waals surface area contributed by atoms with Crippen molar-refractivity contribution in [3.05, 3.63) is 99.9 Å². The molecule has 1 heterocycles. The van der Waals surface area contributed by atoms with Gasteiger partial charge in [0, 0.05) is 35.8 Å². The zero-order chi connectivity index (χ0) is 17.6. The van der Waals surface area contributed by atoms with Crippen LogP contribution >= 0.6 is 0 Å². The monoisotopic (exact) mass is 333 g/mol. The van der Waals surface area contributed by atoms with E-state index in [0.717, 1.165) is 17.5 Å². The smallest absolute Gasteiger partial charge is 0.269 e. The molecule has 25 heavy (non-hydrogen) atoms. The fourth-order valence-electron chi connectivity index (χ4n) is 2.38. The number of carbonyl (C=O) groups excluding carboxylic acids is 1. The van der Waals surface area contributed by atoms with Gasteiger partial charge in [-0.3, -0.25) is 19.9 Å². The van der Waals surface area contributed by atoms with Crippen LogP contribution in [-0.2, 0) is 6.42 Å². The molecule has 1 amide bonds. The Morgan fingerprint density at radius 1 is 0.920 bits per heavy atom. The maximum Gasteiger partial charge on any atom is 0.269 e. The minimum atomic E-state index is -0.497. The third-order valence-electron chi connectivity index (χ3n) is 3.71. The lowest BCUT2D eigenvalue weighted by atomic mass is 10.1. The maximum absolute atomic E-state index is 12.2. The van der Waals surface area contributed by atoms with Crippen LogP contribution in [0.5, 0.6) is 0 Å². The van der Waals surface area contributed by atoms with E-state index in [1.165, 1.54) is 24.3 Å². The summed E-state index contributed by atoms with van der Waals surface area (Å²) >= 11 is 0. The number of anilines is 1. The second-order valence-corrected chi connectivity index (χ2v) is 5.49. The molecule has 0 aliphatic heterocycles. The molecule has 124 valence electrons. The lowest BCUT2D eigenvalue weighted by Gasteiger charge is -2.07. The topological polar surface area (TPSA) is 85.1 Å². The number of nitrogens with zero attached hydrogens (tertiary/aromatic N) is 2. The van der Waals surface area contributed by atoms with E-state index in [9.17, 15) is 14.9 Å². The summed E-state index contributed by atoms with van der Waals surface area (Å²) in [5.41, 5.74) is 3.28. The molecule has 0 bridgehead atoms. The van der Waals surface area contributed by atoms with Crippen LogP contribution in [0.15, 0.2) is 73.1 Å². The molecule has 6 nitrogen and oxygen atoms in total. The van der Waals surface area contributed by atoms with Crippen molar-refractivity contribution >= 4 is 17.3 Å². The van der Waals surface area contributed by atoms with Gasteiger partial charge in [0.15, 0.2) is 0 Å². The third-order valence-corrected chi connectivity index (χ3v) is 3.71. The molecule has 3 aromatic rings. The van der Waals surface area contributed by atoms with Crippen molar-refractivity contribution in [2.45, 2.75) is 6.42 Å². The molecular weight excluding hydrogens is 318 g/mol. The average Bonchev–Trinajstić information content (AvgIpc) is 2.64. The molecule has 0 atom stereocenters. The SMILES string of the molecule is O=C(Nc1ccc(Cc2ccncc2)cc1)c1ccc([N+](=O)[O-])cc1. The van der Waals surface area contributed by atoms with E-state index < -0.39 is 4.92 Å². The number of aromatic nitrogens is 1. The van der Waals surface area contributed by atoms with Crippen molar-refractivity contribution < 1.29 is 9.72 Å². The zero-order valence-electron chi connectivity index (χ0n) is 13.3. The fraction of sp³-hybridized carbons (Fsp3) is 0.0526. The van der Waals surface area contributed by atoms with E-state index in [1.54, 1.807) is 12.4 Å². The minimum Gasteiger partial charge on any atom is -0.322 e. The van der Waals surface area contributed by atoms with Crippen molar-refractivity contribution in [2.24, 2.45) is 0 Å². The molecular formula is C19H15N3O3. The Kier molecular flexibility index (Phi) is 4.80. The molecule has 0 aliphatic carbocycles. The van der Waals surface area contributed by atoms with Crippen molar-refractivity contribution in [3.8, 4) is 0 Å². The van der Waals surface area contributed by atoms with Crippen LogP contribution in [-0.4, -0.2) is 15.8 Å². The van der Waals surface area contributed by atoms with Gasteiger partial charge in [0.05, 0.1) is 4.92 Å². The number of hydrogen-bond donors (Lipinski definition) is 1. The molecule has 0 saturated heterocycles. The molecule has 2 aromatic carbocycles. The molecule has 0 radical (unpaired) electrons. The van der Waals surface area contributed by atoms with Crippen LogP contribution in [0.1, 0.15) is 21.5 Å². The van der Waals surface area contributed by atoms with Gasteiger partial charge in [-0.15, -0.1) is 0 Å². The number of nitro groups is 1. The van der Waals surface area contributed by atoms with Gasteiger partial charge in [0.2, 0.25) is 0 Å². The van der Waals surface area contributed by atoms with Gasteiger partial charge in [0.25, 0.3) is 11.6 Å². The molecule has 6 heteroatoms. The second kappa shape index (κ2) is 7.35. The van der Waals surface area contributed by atoms with Crippen LogP contribution in [0.25, 0.3) is 0 Å². The highest BCUT2D eigenvalue weighted by molar-refractivity contribution is 6.04. The lowest BCUT2D eigenvalue weighted by Crippen LogP contribution is -2.11. The van der Waals surface area contributed by atoms with Crippen LogP contribution in [0.2, 0.25) is 0 Å². The number of nitro benzene ring substituents is 1. The summed E-state index contributed by atoms with van der Waals surface area (Å²) < 4.78 is 0. The first-order chi connectivity index (χ1) is 12.1. The Morgan fingerprint density at radius 2 is 1.52 bits per heavy atom. The molecule has 0 spiro atoms. The summed E-state index contributed by atoms with van der Waals surface area (Å²) in [7, 11) is 0. The Morgan fingerprint density at radius 3 is 2.12 bits per heavy atom. The number of rotatable bonds is 5. The number of non-ortho nitro benzene ring substituents is 1. The largest absolute Gasteiger partial charge is 0.322 e. The van der Waals surface area contributed by atoms with E-state index in [-0.39, 0.29) is 11.6 Å². The Bertz CT molecular complexity index is 876. The maximum atomic E-state index is 12.2. The molecule has 0 aliphatic rings. The first-order valence-corrected chi connectivity index (χ1v) is 7.65. The highest BCUT2D eigenvalue weighted by Crippen LogP contribution is 2.16. The van der Waals surface area contributed by atoms with Gasteiger partial charge >= 0.3 is 0 Å². The molecule has 1 N–H and O–H groups in total. The summed E-state index contributed by atoms with van der Waals surface area (Å²) in [5.74, 6) is -0.309. The molecule has 0 unspecified atom stereocenters. The zero-order valence-corrected chi connectivity index (χ0v) is 13.3. The predicted molar refractivity (Wildman–Crippen MR) is 94.5 cm³/mol. The Balaban J connectivity index is 1.64. The molecule has 1 aromatic heterocycles. The van der Waals surface area contributed by atoms with Crippen LogP contribution in [0, 0.1) is 10.1 Å². The third kappa shape index (κ3) is 4.26. The molecule has 0 saturated carbocycles. The van der Waals surface area contributed by atoms with Gasteiger partial charge in [-0.05, 0) is 53.9 Å². The Hall–Kier alpha value is -3.54. The van der Waals surface area contributed by atoms with Gasteiger partial charge in [-0.1, -0.05) is 12.1 Å². The van der Waals surface area contributed by atoms with E-state index in [0.29, 0.717) is 11.3 Å². The predicted octanol–water partition coefficient (Wildman–Crippen LogP) is 3.83. The number of nitrogens with one attached hydrogen (secondary N) is 1. The Labute approximate surface area is 144 Å². The van der Waals surface area contributed by atoms with Crippen LogP contribution in [0.3, 0.4) is 0 Å². The van der Waals surface area contributed by atoms with E-state index in [4.69, 9.17) is 0 Å². The van der Waals surface area contributed by atoms with Crippen LogP contribution < -0.4 is 5.32 Å². The minimum absolute atomic E-state index is 0.0444. The van der Waals surface area contributed by atoms with E-state index in [1.807, 2.05) is 36.4 Å². The van der Waals surface area contributed by atoms with Crippen LogP contribution in [0.4, 0.5) is 11.4 Å². The second-order valence-electron chi connectivity index (χ2n) is 5.49.